The molecule has 17 heavy (non-hydrogen) atoms. The molecule has 1 aromatic carbocycles. The molecule has 0 atom stereocenters. The summed E-state index contributed by atoms with van der Waals surface area (Å²) in [6.07, 6.45) is 0. The van der Waals surface area contributed by atoms with E-state index in [1.165, 1.54) is 18.5 Å². The summed E-state index contributed by atoms with van der Waals surface area (Å²) in [6, 6.07) is 3.30. The van der Waals surface area contributed by atoms with Gasteiger partial charge in [0.15, 0.2) is 0 Å². The lowest BCUT2D eigenvalue weighted by Crippen LogP contribution is -2.35. The second-order valence-electron chi connectivity index (χ2n) is 3.27. The van der Waals surface area contributed by atoms with Gasteiger partial charge < -0.3 is 0 Å². The van der Waals surface area contributed by atoms with Gasteiger partial charge in [0.2, 0.25) is 10.0 Å². The molecule has 1 rings (SSSR count). The van der Waals surface area contributed by atoms with Gasteiger partial charge in [-0.1, -0.05) is 6.07 Å². The average Bonchev–Trinajstić information content (AvgIpc) is 2.29. The minimum absolute atomic E-state index is 0.247. The number of hydroxylamine groups is 1. The second-order valence-corrected chi connectivity index (χ2v) is 5.00. The molecule has 3 N–H and O–H groups in total. The molecule has 94 valence electrons. The molecule has 1 amide bonds. The Bertz CT molecular complexity index is 530. The molecule has 0 heterocycles. The van der Waals surface area contributed by atoms with Crippen molar-refractivity contribution in [2.45, 2.75) is 11.8 Å². The summed E-state index contributed by atoms with van der Waals surface area (Å²) in [7, 11) is -3.98. The van der Waals surface area contributed by atoms with Crippen LogP contribution < -0.4 is 10.2 Å². The van der Waals surface area contributed by atoms with E-state index in [4.69, 9.17) is 5.21 Å². The maximum absolute atomic E-state index is 12.9. The quantitative estimate of drug-likeness (QED) is 0.522. The molecule has 0 unspecified atom stereocenters. The van der Waals surface area contributed by atoms with Crippen molar-refractivity contribution in [3.05, 3.63) is 29.6 Å². The molecule has 0 radical (unpaired) electrons. The van der Waals surface area contributed by atoms with E-state index in [0.717, 1.165) is 12.1 Å². The zero-order valence-corrected chi connectivity index (χ0v) is 9.71. The maximum Gasteiger partial charge on any atom is 0.258 e. The number of aryl methyl sites for hydroxylation is 1. The van der Waals surface area contributed by atoms with E-state index < -0.39 is 28.3 Å². The highest BCUT2D eigenvalue weighted by Gasteiger charge is 2.18. The van der Waals surface area contributed by atoms with E-state index >= 15 is 0 Å². The lowest BCUT2D eigenvalue weighted by atomic mass is 10.2. The van der Waals surface area contributed by atoms with Crippen molar-refractivity contribution in [2.75, 3.05) is 6.54 Å². The molecule has 0 aliphatic heterocycles. The van der Waals surface area contributed by atoms with Crippen LogP contribution in [0.15, 0.2) is 23.1 Å². The highest BCUT2D eigenvalue weighted by molar-refractivity contribution is 7.89. The molecule has 0 saturated heterocycles. The van der Waals surface area contributed by atoms with Crippen LogP contribution in [0.4, 0.5) is 4.39 Å². The lowest BCUT2D eigenvalue weighted by molar-refractivity contribution is -0.127. The molecule has 0 aromatic heterocycles. The van der Waals surface area contributed by atoms with Crippen LogP contribution in [0, 0.1) is 12.7 Å². The third-order valence-corrected chi connectivity index (χ3v) is 3.53. The topological polar surface area (TPSA) is 95.5 Å². The number of rotatable bonds is 4. The van der Waals surface area contributed by atoms with Crippen molar-refractivity contribution < 1.29 is 22.8 Å². The first-order valence-electron chi connectivity index (χ1n) is 4.55. The van der Waals surface area contributed by atoms with Crippen molar-refractivity contribution in [1.29, 1.82) is 0 Å². The number of halogens is 1. The number of hydrogen-bond donors (Lipinski definition) is 3. The summed E-state index contributed by atoms with van der Waals surface area (Å²) >= 11 is 0. The first kappa shape index (κ1) is 13.6. The van der Waals surface area contributed by atoms with E-state index in [0.29, 0.717) is 5.56 Å². The Labute approximate surface area is 97.5 Å². The summed E-state index contributed by atoms with van der Waals surface area (Å²) in [6.45, 7) is 0.870. The Morgan fingerprint density at radius 3 is 2.71 bits per heavy atom. The smallest absolute Gasteiger partial charge is 0.258 e. The van der Waals surface area contributed by atoms with Gasteiger partial charge in [-0.2, -0.15) is 0 Å². The van der Waals surface area contributed by atoms with Crippen LogP contribution in [0.5, 0.6) is 0 Å². The standard InChI is InChI=1S/C9H11FN2O4S/c1-6-2-3-7(10)4-8(6)17(15,16)11-5-9(13)12-14/h2-4,11,14H,5H2,1H3,(H,12,13). The number of carbonyl (C=O) groups excluding carboxylic acids is 1. The fourth-order valence-electron chi connectivity index (χ4n) is 1.14. The number of hydrogen-bond acceptors (Lipinski definition) is 4. The fraction of sp³-hybridized carbons (Fsp3) is 0.222. The molecule has 0 spiro atoms. The minimum atomic E-state index is -3.98. The molecular formula is C9H11FN2O4S. The zero-order chi connectivity index (χ0) is 13.1. The summed E-state index contributed by atoms with van der Waals surface area (Å²) in [4.78, 5) is 10.4. The number of nitrogens with one attached hydrogen (secondary N) is 2. The average molecular weight is 262 g/mol. The van der Waals surface area contributed by atoms with Gasteiger partial charge in [0.25, 0.3) is 5.91 Å². The molecule has 0 aliphatic rings. The van der Waals surface area contributed by atoms with Crippen LogP contribution in [0.25, 0.3) is 0 Å². The van der Waals surface area contributed by atoms with Crippen LogP contribution in [0.2, 0.25) is 0 Å². The lowest BCUT2D eigenvalue weighted by Gasteiger charge is -2.08. The Balaban J connectivity index is 2.97. The summed E-state index contributed by atoms with van der Waals surface area (Å²) in [5.41, 5.74) is 1.63. The molecule has 0 fully saturated rings. The summed E-state index contributed by atoms with van der Waals surface area (Å²) < 4.78 is 38.2. The number of sulfonamides is 1. The number of carbonyl (C=O) groups is 1. The monoisotopic (exact) mass is 262 g/mol. The van der Waals surface area contributed by atoms with Crippen LogP contribution in [0.1, 0.15) is 5.56 Å². The molecule has 0 aliphatic carbocycles. The van der Waals surface area contributed by atoms with E-state index in [2.05, 4.69) is 0 Å². The Kier molecular flexibility index (Phi) is 4.16. The van der Waals surface area contributed by atoms with Crippen molar-refractivity contribution in [3.63, 3.8) is 0 Å². The van der Waals surface area contributed by atoms with Gasteiger partial charge >= 0.3 is 0 Å². The number of benzene rings is 1. The van der Waals surface area contributed by atoms with Crippen LogP contribution >= 0.6 is 0 Å². The van der Waals surface area contributed by atoms with Gasteiger partial charge in [0, 0.05) is 0 Å². The van der Waals surface area contributed by atoms with Crippen molar-refractivity contribution >= 4 is 15.9 Å². The predicted octanol–water partition coefficient (Wildman–Crippen LogP) is -0.0822. The normalized spacial score (nSPS) is 11.2. The fourth-order valence-corrected chi connectivity index (χ4v) is 2.38. The molecular weight excluding hydrogens is 251 g/mol. The van der Waals surface area contributed by atoms with Crippen molar-refractivity contribution in [2.24, 2.45) is 0 Å². The maximum atomic E-state index is 12.9. The van der Waals surface area contributed by atoms with Gasteiger partial charge in [-0.15, -0.1) is 0 Å². The third-order valence-electron chi connectivity index (χ3n) is 1.99. The first-order valence-corrected chi connectivity index (χ1v) is 6.04. The van der Waals surface area contributed by atoms with Gasteiger partial charge in [-0.05, 0) is 24.6 Å². The van der Waals surface area contributed by atoms with E-state index in [9.17, 15) is 17.6 Å². The predicted molar refractivity (Wildman–Crippen MR) is 56.3 cm³/mol. The molecule has 6 nitrogen and oxygen atoms in total. The third kappa shape index (κ3) is 3.48. The molecule has 0 bridgehead atoms. The highest BCUT2D eigenvalue weighted by atomic mass is 32.2. The Morgan fingerprint density at radius 2 is 2.12 bits per heavy atom. The molecule has 1 aromatic rings. The molecule has 8 heteroatoms. The Hall–Kier alpha value is -1.51. The minimum Gasteiger partial charge on any atom is -0.289 e. The summed E-state index contributed by atoms with van der Waals surface area (Å²) in [5, 5.41) is 8.21. The van der Waals surface area contributed by atoms with E-state index in [1.54, 1.807) is 0 Å². The molecule has 0 saturated carbocycles. The van der Waals surface area contributed by atoms with Gasteiger partial charge in [0.1, 0.15) is 5.82 Å². The van der Waals surface area contributed by atoms with Gasteiger partial charge in [-0.3, -0.25) is 10.0 Å². The zero-order valence-electron chi connectivity index (χ0n) is 8.90. The van der Waals surface area contributed by atoms with Crippen molar-refractivity contribution in [1.82, 2.24) is 10.2 Å². The van der Waals surface area contributed by atoms with Crippen LogP contribution in [-0.2, 0) is 14.8 Å². The largest absolute Gasteiger partial charge is 0.289 e. The number of amides is 1. The van der Waals surface area contributed by atoms with Gasteiger partial charge in [-0.25, -0.2) is 23.0 Å². The first-order chi connectivity index (χ1) is 7.86. The van der Waals surface area contributed by atoms with E-state index in [-0.39, 0.29) is 4.90 Å². The van der Waals surface area contributed by atoms with Gasteiger partial charge in [0.05, 0.1) is 11.4 Å². The van der Waals surface area contributed by atoms with Crippen molar-refractivity contribution in [3.8, 4) is 0 Å². The van der Waals surface area contributed by atoms with E-state index in [1.807, 2.05) is 4.72 Å². The highest BCUT2D eigenvalue weighted by Crippen LogP contribution is 2.15. The Morgan fingerprint density at radius 1 is 1.47 bits per heavy atom. The van der Waals surface area contributed by atoms with Crippen LogP contribution in [0.3, 0.4) is 0 Å². The second kappa shape index (κ2) is 5.21. The summed E-state index contributed by atoms with van der Waals surface area (Å²) in [5.74, 6) is -1.61. The van der Waals surface area contributed by atoms with Crippen LogP contribution in [-0.4, -0.2) is 26.1 Å². The SMILES string of the molecule is Cc1ccc(F)cc1S(=O)(=O)NCC(=O)NO.